The second-order valence-electron chi connectivity index (χ2n) is 2.99. The van der Waals surface area contributed by atoms with Gasteiger partial charge in [-0.3, -0.25) is 0 Å². The largest absolute Gasteiger partial charge is 0.460 e. The molecule has 0 aliphatic rings. The maximum atomic E-state index is 11.4. The average Bonchev–Trinajstić information content (AvgIpc) is 2.19. The summed E-state index contributed by atoms with van der Waals surface area (Å²) in [6.07, 6.45) is 0. The van der Waals surface area contributed by atoms with E-state index in [2.05, 4.69) is 0 Å². The van der Waals surface area contributed by atoms with Crippen LogP contribution in [0.3, 0.4) is 0 Å². The van der Waals surface area contributed by atoms with Crippen molar-refractivity contribution in [3.8, 4) is 0 Å². The predicted octanol–water partition coefficient (Wildman–Crippen LogP) is 1.80. The maximum absolute atomic E-state index is 11.4. The van der Waals surface area contributed by atoms with Crippen molar-refractivity contribution < 1.29 is 14.3 Å². The van der Waals surface area contributed by atoms with E-state index in [1.54, 1.807) is 19.2 Å². The minimum atomic E-state index is -0.304. The highest BCUT2D eigenvalue weighted by atomic mass is 16.6. The van der Waals surface area contributed by atoms with Crippen molar-refractivity contribution in [1.29, 1.82) is 0 Å². The minimum Gasteiger partial charge on any atom is -0.460 e. The molecule has 0 saturated carbocycles. The SMILES string of the molecule is COCCOC(=O)c1ccc(C)cc1. The van der Waals surface area contributed by atoms with Crippen LogP contribution in [-0.4, -0.2) is 26.3 Å². The summed E-state index contributed by atoms with van der Waals surface area (Å²) in [5.74, 6) is -0.304. The van der Waals surface area contributed by atoms with Crippen molar-refractivity contribution in [2.24, 2.45) is 0 Å². The number of hydrogen-bond donors (Lipinski definition) is 0. The molecular formula is C11H14O3. The van der Waals surface area contributed by atoms with E-state index in [4.69, 9.17) is 9.47 Å². The van der Waals surface area contributed by atoms with Gasteiger partial charge in [-0.25, -0.2) is 4.79 Å². The number of ether oxygens (including phenoxy) is 2. The lowest BCUT2D eigenvalue weighted by molar-refractivity contribution is 0.0388. The Balaban J connectivity index is 2.48. The van der Waals surface area contributed by atoms with Gasteiger partial charge in [0.2, 0.25) is 0 Å². The monoisotopic (exact) mass is 194 g/mol. The lowest BCUT2D eigenvalue weighted by atomic mass is 10.1. The second-order valence-corrected chi connectivity index (χ2v) is 2.99. The van der Waals surface area contributed by atoms with E-state index in [0.29, 0.717) is 18.8 Å². The van der Waals surface area contributed by atoms with Crippen LogP contribution in [0.2, 0.25) is 0 Å². The third-order valence-corrected chi connectivity index (χ3v) is 1.81. The summed E-state index contributed by atoms with van der Waals surface area (Å²) in [7, 11) is 1.57. The first-order chi connectivity index (χ1) is 6.74. The first kappa shape index (κ1) is 10.7. The number of benzene rings is 1. The molecule has 0 N–H and O–H groups in total. The van der Waals surface area contributed by atoms with E-state index in [0.717, 1.165) is 5.56 Å². The fourth-order valence-corrected chi connectivity index (χ4v) is 0.991. The Hall–Kier alpha value is -1.35. The summed E-state index contributed by atoms with van der Waals surface area (Å²) in [4.78, 5) is 11.4. The molecule has 0 unspecified atom stereocenters. The number of rotatable bonds is 4. The molecule has 3 nitrogen and oxygen atoms in total. The van der Waals surface area contributed by atoms with E-state index >= 15 is 0 Å². The van der Waals surface area contributed by atoms with E-state index in [1.807, 2.05) is 19.1 Å². The van der Waals surface area contributed by atoms with E-state index in [1.165, 1.54) is 0 Å². The van der Waals surface area contributed by atoms with Gasteiger partial charge in [-0.2, -0.15) is 0 Å². The average molecular weight is 194 g/mol. The molecule has 1 aromatic rings. The number of esters is 1. The van der Waals surface area contributed by atoms with Crippen LogP contribution in [0.15, 0.2) is 24.3 Å². The van der Waals surface area contributed by atoms with Crippen molar-refractivity contribution in [1.82, 2.24) is 0 Å². The molecule has 1 aromatic carbocycles. The van der Waals surface area contributed by atoms with Crippen LogP contribution >= 0.6 is 0 Å². The first-order valence-electron chi connectivity index (χ1n) is 4.47. The molecule has 1 rings (SSSR count). The Morgan fingerprint density at radius 3 is 2.43 bits per heavy atom. The molecule has 0 bridgehead atoms. The van der Waals surface area contributed by atoms with Gasteiger partial charge < -0.3 is 9.47 Å². The molecule has 0 amide bonds. The van der Waals surface area contributed by atoms with Crippen molar-refractivity contribution >= 4 is 5.97 Å². The second kappa shape index (κ2) is 5.40. The van der Waals surface area contributed by atoms with Crippen LogP contribution in [0.1, 0.15) is 15.9 Å². The number of hydrogen-bond acceptors (Lipinski definition) is 3. The molecule has 0 heterocycles. The number of methoxy groups -OCH3 is 1. The molecule has 14 heavy (non-hydrogen) atoms. The molecule has 0 atom stereocenters. The van der Waals surface area contributed by atoms with E-state index in [9.17, 15) is 4.79 Å². The molecule has 76 valence electrons. The van der Waals surface area contributed by atoms with Crippen LogP contribution in [0.4, 0.5) is 0 Å². The van der Waals surface area contributed by atoms with Crippen molar-refractivity contribution in [3.05, 3.63) is 35.4 Å². The number of aryl methyl sites for hydroxylation is 1. The van der Waals surface area contributed by atoms with Crippen molar-refractivity contribution in [3.63, 3.8) is 0 Å². The highest BCUT2D eigenvalue weighted by Crippen LogP contribution is 2.04. The van der Waals surface area contributed by atoms with Crippen molar-refractivity contribution in [2.75, 3.05) is 20.3 Å². The standard InChI is InChI=1S/C11H14O3/c1-9-3-5-10(6-4-9)11(12)14-8-7-13-2/h3-6H,7-8H2,1-2H3. The Morgan fingerprint density at radius 2 is 1.86 bits per heavy atom. The zero-order chi connectivity index (χ0) is 10.4. The molecule has 0 radical (unpaired) electrons. The van der Waals surface area contributed by atoms with Gasteiger partial charge in [-0.15, -0.1) is 0 Å². The van der Waals surface area contributed by atoms with Crippen LogP contribution in [0.5, 0.6) is 0 Å². The minimum absolute atomic E-state index is 0.295. The van der Waals surface area contributed by atoms with Crippen LogP contribution in [0.25, 0.3) is 0 Å². The Bertz CT molecular complexity index is 290. The van der Waals surface area contributed by atoms with Gasteiger partial charge in [0.15, 0.2) is 0 Å². The summed E-state index contributed by atoms with van der Waals surface area (Å²) < 4.78 is 9.71. The first-order valence-corrected chi connectivity index (χ1v) is 4.47. The van der Waals surface area contributed by atoms with E-state index < -0.39 is 0 Å². The zero-order valence-corrected chi connectivity index (χ0v) is 8.45. The molecule has 3 heteroatoms. The molecule has 0 aliphatic carbocycles. The van der Waals surface area contributed by atoms with Crippen LogP contribution < -0.4 is 0 Å². The fraction of sp³-hybridized carbons (Fsp3) is 0.364. The van der Waals surface area contributed by atoms with Gasteiger partial charge in [-0.05, 0) is 19.1 Å². The summed E-state index contributed by atoms with van der Waals surface area (Å²) in [5, 5.41) is 0. The highest BCUT2D eigenvalue weighted by molar-refractivity contribution is 5.89. The summed E-state index contributed by atoms with van der Waals surface area (Å²) in [6.45, 7) is 2.70. The molecule has 0 aromatic heterocycles. The van der Waals surface area contributed by atoms with Gasteiger partial charge >= 0.3 is 5.97 Å². The number of carbonyl (C=O) groups excluding carboxylic acids is 1. The lowest BCUT2D eigenvalue weighted by Crippen LogP contribution is -2.09. The quantitative estimate of drug-likeness (QED) is 0.541. The van der Waals surface area contributed by atoms with Crippen LogP contribution in [-0.2, 0) is 9.47 Å². The molecule has 0 spiro atoms. The van der Waals surface area contributed by atoms with Gasteiger partial charge in [0, 0.05) is 7.11 Å². The third-order valence-electron chi connectivity index (χ3n) is 1.81. The molecule has 0 fully saturated rings. The molecular weight excluding hydrogens is 180 g/mol. The van der Waals surface area contributed by atoms with Crippen LogP contribution in [0, 0.1) is 6.92 Å². The third kappa shape index (κ3) is 3.18. The summed E-state index contributed by atoms with van der Waals surface area (Å²) in [5.41, 5.74) is 1.70. The fourth-order valence-electron chi connectivity index (χ4n) is 0.991. The van der Waals surface area contributed by atoms with E-state index in [-0.39, 0.29) is 5.97 Å². The van der Waals surface area contributed by atoms with Gasteiger partial charge in [0.25, 0.3) is 0 Å². The lowest BCUT2D eigenvalue weighted by Gasteiger charge is -2.03. The summed E-state index contributed by atoms with van der Waals surface area (Å²) >= 11 is 0. The highest BCUT2D eigenvalue weighted by Gasteiger charge is 2.05. The van der Waals surface area contributed by atoms with Gasteiger partial charge in [0.1, 0.15) is 6.61 Å². The Kier molecular flexibility index (Phi) is 4.13. The predicted molar refractivity (Wildman–Crippen MR) is 53.3 cm³/mol. The van der Waals surface area contributed by atoms with Gasteiger partial charge in [-0.1, -0.05) is 17.7 Å². The maximum Gasteiger partial charge on any atom is 0.338 e. The van der Waals surface area contributed by atoms with Gasteiger partial charge in [0.05, 0.1) is 12.2 Å². The zero-order valence-electron chi connectivity index (χ0n) is 8.45. The Labute approximate surface area is 83.6 Å². The van der Waals surface area contributed by atoms with Crippen molar-refractivity contribution in [2.45, 2.75) is 6.92 Å². The Morgan fingerprint density at radius 1 is 1.21 bits per heavy atom. The molecule has 0 aliphatic heterocycles. The smallest absolute Gasteiger partial charge is 0.338 e. The summed E-state index contributed by atoms with van der Waals surface area (Å²) in [6, 6.07) is 7.27. The topological polar surface area (TPSA) is 35.5 Å². The normalized spacial score (nSPS) is 9.86. The molecule has 0 saturated heterocycles. The number of carbonyl (C=O) groups is 1.